The fourth-order valence-corrected chi connectivity index (χ4v) is 4.79. The number of rotatable bonds is 8. The van der Waals surface area contributed by atoms with Gasteiger partial charge < -0.3 is 10.1 Å². The van der Waals surface area contributed by atoms with E-state index in [1.807, 2.05) is 54.6 Å². The highest BCUT2D eigenvalue weighted by atomic mass is 32.2. The van der Waals surface area contributed by atoms with Gasteiger partial charge in [0.15, 0.2) is 0 Å². The van der Waals surface area contributed by atoms with Crippen molar-refractivity contribution in [3.63, 3.8) is 0 Å². The SMILES string of the molecule is COc1cccc([C@@H](CNC(=O)c2cccnc2Sc2ccccc2)N2CCCC2)c1. The van der Waals surface area contributed by atoms with E-state index in [1.54, 1.807) is 13.3 Å². The lowest BCUT2D eigenvalue weighted by molar-refractivity contribution is 0.0934. The van der Waals surface area contributed by atoms with Crippen molar-refractivity contribution in [2.24, 2.45) is 0 Å². The maximum absolute atomic E-state index is 13.1. The molecule has 1 atom stereocenters. The number of amides is 1. The number of carbonyl (C=O) groups excluding carboxylic acids is 1. The van der Waals surface area contributed by atoms with Crippen molar-refractivity contribution in [1.82, 2.24) is 15.2 Å². The van der Waals surface area contributed by atoms with Crippen LogP contribution in [-0.2, 0) is 0 Å². The highest BCUT2D eigenvalue weighted by molar-refractivity contribution is 7.99. The average molecular weight is 434 g/mol. The monoisotopic (exact) mass is 433 g/mol. The van der Waals surface area contributed by atoms with E-state index in [4.69, 9.17) is 4.74 Å². The van der Waals surface area contributed by atoms with Crippen LogP contribution in [0.2, 0.25) is 0 Å². The van der Waals surface area contributed by atoms with Gasteiger partial charge in [-0.1, -0.05) is 42.1 Å². The molecule has 0 bridgehead atoms. The van der Waals surface area contributed by atoms with Crippen LogP contribution in [0, 0.1) is 0 Å². The lowest BCUT2D eigenvalue weighted by atomic mass is 10.0. The summed E-state index contributed by atoms with van der Waals surface area (Å²) in [7, 11) is 1.68. The Kier molecular flexibility index (Phi) is 7.22. The van der Waals surface area contributed by atoms with Gasteiger partial charge in [0.25, 0.3) is 5.91 Å². The zero-order chi connectivity index (χ0) is 21.5. The third-order valence-electron chi connectivity index (χ3n) is 5.49. The van der Waals surface area contributed by atoms with E-state index >= 15 is 0 Å². The minimum atomic E-state index is -0.0985. The highest BCUT2D eigenvalue weighted by Crippen LogP contribution is 2.29. The maximum Gasteiger partial charge on any atom is 0.254 e. The van der Waals surface area contributed by atoms with Gasteiger partial charge in [-0.2, -0.15) is 0 Å². The van der Waals surface area contributed by atoms with E-state index in [0.29, 0.717) is 17.1 Å². The van der Waals surface area contributed by atoms with Crippen LogP contribution in [0.5, 0.6) is 5.75 Å². The Morgan fingerprint density at radius 1 is 1.10 bits per heavy atom. The third kappa shape index (κ3) is 5.46. The summed E-state index contributed by atoms with van der Waals surface area (Å²) in [6.45, 7) is 2.62. The van der Waals surface area contributed by atoms with E-state index in [2.05, 4.69) is 27.3 Å². The fourth-order valence-electron chi connectivity index (χ4n) is 3.89. The van der Waals surface area contributed by atoms with Crippen LogP contribution in [0.15, 0.2) is 82.8 Å². The molecule has 2 aromatic carbocycles. The first kappa shape index (κ1) is 21.4. The zero-order valence-corrected chi connectivity index (χ0v) is 18.5. The molecule has 2 heterocycles. The number of methoxy groups -OCH3 is 1. The quantitative estimate of drug-likeness (QED) is 0.553. The predicted molar refractivity (Wildman–Crippen MR) is 124 cm³/mol. The summed E-state index contributed by atoms with van der Waals surface area (Å²) in [4.78, 5) is 21.1. The Hall–Kier alpha value is -2.83. The second kappa shape index (κ2) is 10.5. The van der Waals surface area contributed by atoms with Gasteiger partial charge in [0, 0.05) is 17.6 Å². The molecule has 160 valence electrons. The molecule has 1 aliphatic heterocycles. The minimum absolute atomic E-state index is 0.0985. The van der Waals surface area contributed by atoms with E-state index in [0.717, 1.165) is 29.3 Å². The number of pyridine rings is 1. The molecule has 0 spiro atoms. The van der Waals surface area contributed by atoms with Gasteiger partial charge in [0.1, 0.15) is 10.8 Å². The van der Waals surface area contributed by atoms with E-state index in [9.17, 15) is 4.79 Å². The van der Waals surface area contributed by atoms with E-state index in [1.165, 1.54) is 24.6 Å². The van der Waals surface area contributed by atoms with Crippen molar-refractivity contribution in [3.05, 3.63) is 84.1 Å². The zero-order valence-electron chi connectivity index (χ0n) is 17.7. The smallest absolute Gasteiger partial charge is 0.254 e. The second-order valence-corrected chi connectivity index (χ2v) is 8.58. The van der Waals surface area contributed by atoms with Gasteiger partial charge in [-0.25, -0.2) is 4.98 Å². The molecule has 3 aromatic rings. The molecule has 1 aromatic heterocycles. The summed E-state index contributed by atoms with van der Waals surface area (Å²) in [5.74, 6) is 0.737. The summed E-state index contributed by atoms with van der Waals surface area (Å²) in [6, 6.07) is 21.9. The number of ether oxygens (including phenoxy) is 1. The Labute approximate surface area is 187 Å². The molecule has 0 unspecified atom stereocenters. The summed E-state index contributed by atoms with van der Waals surface area (Å²) < 4.78 is 5.42. The molecular weight excluding hydrogens is 406 g/mol. The Morgan fingerprint density at radius 3 is 2.68 bits per heavy atom. The van der Waals surface area contributed by atoms with Gasteiger partial charge in [0.05, 0.1) is 18.7 Å². The molecule has 4 rings (SSSR count). The van der Waals surface area contributed by atoms with Crippen molar-refractivity contribution in [2.45, 2.75) is 28.8 Å². The molecule has 0 saturated carbocycles. The molecule has 31 heavy (non-hydrogen) atoms. The molecule has 1 saturated heterocycles. The molecule has 0 radical (unpaired) electrons. The Morgan fingerprint density at radius 2 is 1.90 bits per heavy atom. The number of aromatic nitrogens is 1. The molecule has 1 amide bonds. The van der Waals surface area contributed by atoms with Gasteiger partial charge >= 0.3 is 0 Å². The number of carbonyl (C=O) groups is 1. The van der Waals surface area contributed by atoms with Crippen molar-refractivity contribution in [3.8, 4) is 5.75 Å². The number of likely N-dealkylation sites (tertiary alicyclic amines) is 1. The number of hydrogen-bond acceptors (Lipinski definition) is 5. The van der Waals surface area contributed by atoms with Crippen molar-refractivity contribution in [2.75, 3.05) is 26.7 Å². The first-order valence-corrected chi connectivity index (χ1v) is 11.4. The number of benzene rings is 2. The first-order valence-electron chi connectivity index (χ1n) is 10.6. The number of nitrogens with one attached hydrogen (secondary N) is 1. The molecule has 5 nitrogen and oxygen atoms in total. The molecule has 1 fully saturated rings. The van der Waals surface area contributed by atoms with Crippen LogP contribution in [0.4, 0.5) is 0 Å². The summed E-state index contributed by atoms with van der Waals surface area (Å²) >= 11 is 1.50. The number of nitrogens with zero attached hydrogens (tertiary/aromatic N) is 2. The van der Waals surface area contributed by atoms with Gasteiger partial charge in [0.2, 0.25) is 0 Å². The summed E-state index contributed by atoms with van der Waals surface area (Å²) in [5.41, 5.74) is 1.76. The Bertz CT molecular complexity index is 1010. The highest BCUT2D eigenvalue weighted by Gasteiger charge is 2.25. The third-order valence-corrected chi connectivity index (χ3v) is 6.52. The lowest BCUT2D eigenvalue weighted by Crippen LogP contribution is -2.37. The maximum atomic E-state index is 13.1. The van der Waals surface area contributed by atoms with E-state index < -0.39 is 0 Å². The molecule has 0 aliphatic carbocycles. The predicted octanol–water partition coefficient (Wildman–Crippen LogP) is 4.81. The minimum Gasteiger partial charge on any atom is -0.497 e. The molecular formula is C25H27N3O2S. The molecule has 1 aliphatic rings. The van der Waals surface area contributed by atoms with Crippen molar-refractivity contribution >= 4 is 17.7 Å². The van der Waals surface area contributed by atoms with Crippen LogP contribution in [0.3, 0.4) is 0 Å². The van der Waals surface area contributed by atoms with Gasteiger partial charge in [-0.3, -0.25) is 9.69 Å². The lowest BCUT2D eigenvalue weighted by Gasteiger charge is -2.28. The van der Waals surface area contributed by atoms with Crippen LogP contribution in [-0.4, -0.2) is 42.5 Å². The average Bonchev–Trinajstić information content (AvgIpc) is 3.35. The topological polar surface area (TPSA) is 54.5 Å². The van der Waals surface area contributed by atoms with Crippen LogP contribution >= 0.6 is 11.8 Å². The van der Waals surface area contributed by atoms with Crippen molar-refractivity contribution < 1.29 is 9.53 Å². The molecule has 6 heteroatoms. The van der Waals surface area contributed by atoms with Crippen molar-refractivity contribution in [1.29, 1.82) is 0 Å². The summed E-state index contributed by atoms with van der Waals surface area (Å²) in [6.07, 6.45) is 4.11. The van der Waals surface area contributed by atoms with Crippen LogP contribution < -0.4 is 10.1 Å². The summed E-state index contributed by atoms with van der Waals surface area (Å²) in [5, 5.41) is 3.88. The van der Waals surface area contributed by atoms with Crippen LogP contribution in [0.1, 0.15) is 34.8 Å². The normalized spacial score (nSPS) is 14.9. The van der Waals surface area contributed by atoms with E-state index in [-0.39, 0.29) is 11.9 Å². The van der Waals surface area contributed by atoms with Gasteiger partial charge in [-0.05, 0) is 67.9 Å². The first-order chi connectivity index (χ1) is 15.2. The number of hydrogen-bond donors (Lipinski definition) is 1. The van der Waals surface area contributed by atoms with Crippen LogP contribution in [0.25, 0.3) is 0 Å². The largest absolute Gasteiger partial charge is 0.497 e. The van der Waals surface area contributed by atoms with Gasteiger partial charge in [-0.15, -0.1) is 0 Å². The second-order valence-electron chi connectivity index (χ2n) is 7.52. The Balaban J connectivity index is 1.50. The fraction of sp³-hybridized carbons (Fsp3) is 0.280. The molecule has 1 N–H and O–H groups in total. The standard InChI is InChI=1S/C25H27N3O2S/c1-30-20-10-7-9-19(17-20)23(28-15-5-6-16-28)18-27-24(29)22-13-8-14-26-25(22)31-21-11-3-2-4-12-21/h2-4,7-14,17,23H,5-6,15-16,18H2,1H3,(H,27,29)/t23-/m1/s1.